The summed E-state index contributed by atoms with van der Waals surface area (Å²) in [4.78, 5) is 39.5. The van der Waals surface area contributed by atoms with Crippen molar-refractivity contribution >= 4 is 85.6 Å². The molecule has 0 aromatic heterocycles. The van der Waals surface area contributed by atoms with Crippen LogP contribution < -0.4 is 0 Å². The first-order valence-electron chi connectivity index (χ1n) is 8.93. The zero-order valence-electron chi connectivity index (χ0n) is 16.2. The Morgan fingerprint density at radius 3 is 1.77 bits per heavy atom. The minimum absolute atomic E-state index is 0.0711. The number of aliphatic hydroxyl groups excluding tert-OH is 5. The Hall–Kier alpha value is -0.120. The summed E-state index contributed by atoms with van der Waals surface area (Å²) in [5.41, 5.74) is -1.56. The van der Waals surface area contributed by atoms with E-state index in [0.29, 0.717) is 0 Å². The van der Waals surface area contributed by atoms with Gasteiger partial charge in [-0.1, -0.05) is 22.6 Å². The number of nitrogens with zero attached hydrogens (tertiary/aromatic N) is 2. The normalized spacial score (nSPS) is 21.4. The summed E-state index contributed by atoms with van der Waals surface area (Å²) in [6.07, 6.45) is -0.258. The van der Waals surface area contributed by atoms with Crippen molar-refractivity contribution in [3.63, 3.8) is 0 Å². The van der Waals surface area contributed by atoms with Gasteiger partial charge in [0.05, 0.1) is 32.1 Å². The lowest BCUT2D eigenvalue weighted by atomic mass is 9.76. The maximum atomic E-state index is 12.5. The maximum Gasteiger partial charge on any atom is 0.316 e. The largest absolute Gasteiger partial charge is 0.481 e. The van der Waals surface area contributed by atoms with E-state index in [1.54, 1.807) is 22.6 Å². The third-order valence-electron chi connectivity index (χ3n) is 4.67. The number of halogens is 3. The summed E-state index contributed by atoms with van der Waals surface area (Å²) < 4.78 is -0.476. The molecule has 1 rings (SSSR count). The maximum absolute atomic E-state index is 12.5. The number of alkyl halides is 1. The number of carboxylic acid groups (broad SMARTS) is 1. The van der Waals surface area contributed by atoms with Gasteiger partial charge in [-0.05, 0) is 51.6 Å². The summed E-state index contributed by atoms with van der Waals surface area (Å²) in [6, 6.07) is 0. The van der Waals surface area contributed by atoms with E-state index in [1.807, 2.05) is 45.2 Å². The third kappa shape index (κ3) is 5.69. The van der Waals surface area contributed by atoms with Gasteiger partial charge in [0.1, 0.15) is 18.6 Å². The number of carbonyl (C=O) groups is 3. The summed E-state index contributed by atoms with van der Waals surface area (Å²) in [7, 11) is 0. The molecule has 14 heteroatoms. The Labute approximate surface area is 219 Å². The molecule has 0 aliphatic heterocycles. The molecule has 0 aromatic carbocycles. The Morgan fingerprint density at radius 1 is 0.871 bits per heavy atom. The summed E-state index contributed by atoms with van der Waals surface area (Å²) >= 11 is 5.44. The zero-order valence-corrected chi connectivity index (χ0v) is 22.6. The SMILES string of the molecule is O=C(CO)N(CCO)C1=C(I)C(CCO)(C(=O)O)C(I)C(N(CCO)C(=O)CO)=C1I. The third-order valence-corrected chi connectivity index (χ3v) is 8.86. The highest BCUT2D eigenvalue weighted by molar-refractivity contribution is 14.1. The molecule has 2 unspecified atom stereocenters. The first-order valence-corrected chi connectivity index (χ1v) is 12.3. The molecule has 2 atom stereocenters. The minimum atomic E-state index is -1.76. The Kier molecular flexibility index (Phi) is 12.1. The first-order chi connectivity index (χ1) is 14.6. The molecular weight excluding hydrogens is 757 g/mol. The van der Waals surface area contributed by atoms with Crippen LogP contribution in [-0.2, 0) is 14.4 Å². The number of aliphatic hydroxyl groups is 5. The smallest absolute Gasteiger partial charge is 0.316 e. The van der Waals surface area contributed by atoms with Gasteiger partial charge in [-0.25, -0.2) is 0 Å². The molecule has 6 N–H and O–H groups in total. The van der Waals surface area contributed by atoms with Gasteiger partial charge in [0.2, 0.25) is 0 Å². The molecule has 0 bridgehead atoms. The van der Waals surface area contributed by atoms with Crippen molar-refractivity contribution in [2.45, 2.75) is 10.3 Å². The Bertz CT molecular complexity index is 774. The highest BCUT2D eigenvalue weighted by atomic mass is 127. The molecule has 0 fully saturated rings. The highest BCUT2D eigenvalue weighted by Gasteiger charge is 2.55. The second kappa shape index (κ2) is 12.9. The molecule has 0 radical (unpaired) electrons. The first kappa shape index (κ1) is 28.9. The van der Waals surface area contributed by atoms with Gasteiger partial charge in [-0.15, -0.1) is 0 Å². The van der Waals surface area contributed by atoms with E-state index in [4.69, 9.17) is 0 Å². The van der Waals surface area contributed by atoms with Gasteiger partial charge in [0.25, 0.3) is 11.8 Å². The standard InChI is InChI=1S/C17H23I3N2O9/c18-11-12(21(2-5-24)9(28)7-26)14(19)17(1-4-23,16(30)31)15(20)13(11)22(3-6-25)10(29)8-27/h14,23-27H,1-8H2,(H,30,31). The lowest BCUT2D eigenvalue weighted by molar-refractivity contribution is -0.147. The molecule has 11 nitrogen and oxygen atoms in total. The van der Waals surface area contributed by atoms with Crippen LogP contribution in [0.3, 0.4) is 0 Å². The number of amides is 2. The lowest BCUT2D eigenvalue weighted by Crippen LogP contribution is -2.51. The van der Waals surface area contributed by atoms with Gasteiger partial charge >= 0.3 is 5.97 Å². The van der Waals surface area contributed by atoms with Crippen LogP contribution in [0.15, 0.2) is 18.6 Å². The summed E-state index contributed by atoms with van der Waals surface area (Å²) in [5.74, 6) is -2.91. The van der Waals surface area contributed by atoms with Crippen LogP contribution in [0.1, 0.15) is 6.42 Å². The second-order valence-corrected chi connectivity index (χ2v) is 9.73. The fraction of sp³-hybridized carbons (Fsp3) is 0.588. The van der Waals surface area contributed by atoms with E-state index in [1.165, 1.54) is 0 Å². The summed E-state index contributed by atoms with van der Waals surface area (Å²) in [6.45, 7) is -3.78. The fourth-order valence-electron chi connectivity index (χ4n) is 3.21. The highest BCUT2D eigenvalue weighted by Crippen LogP contribution is 2.55. The molecular formula is C17H23I3N2O9. The van der Waals surface area contributed by atoms with Crippen LogP contribution in [-0.4, -0.2) is 108 Å². The van der Waals surface area contributed by atoms with Gasteiger partial charge in [-0.3, -0.25) is 14.4 Å². The topological polar surface area (TPSA) is 179 Å². The van der Waals surface area contributed by atoms with Crippen LogP contribution in [0, 0.1) is 5.41 Å². The van der Waals surface area contributed by atoms with Crippen molar-refractivity contribution in [3.8, 4) is 0 Å². The molecule has 31 heavy (non-hydrogen) atoms. The van der Waals surface area contributed by atoms with Crippen molar-refractivity contribution in [2.24, 2.45) is 5.41 Å². The lowest BCUT2D eigenvalue weighted by Gasteiger charge is -2.45. The number of aliphatic carboxylic acids is 1. The molecule has 0 aromatic rings. The molecule has 2 amide bonds. The molecule has 0 saturated carbocycles. The number of carboxylic acids is 1. The quantitative estimate of drug-likeness (QED) is 0.116. The van der Waals surface area contributed by atoms with Gasteiger partial charge in [0.15, 0.2) is 0 Å². The average Bonchev–Trinajstić information content (AvgIpc) is 2.74. The molecule has 176 valence electrons. The van der Waals surface area contributed by atoms with Crippen molar-refractivity contribution in [3.05, 3.63) is 18.6 Å². The van der Waals surface area contributed by atoms with E-state index in [9.17, 15) is 45.0 Å². The van der Waals surface area contributed by atoms with Crippen LogP contribution in [0.5, 0.6) is 0 Å². The van der Waals surface area contributed by atoms with Crippen molar-refractivity contribution < 1.29 is 45.0 Å². The fourth-order valence-corrected chi connectivity index (χ4v) is 8.99. The number of rotatable bonds is 11. The average molecular weight is 780 g/mol. The van der Waals surface area contributed by atoms with E-state index >= 15 is 0 Å². The minimum Gasteiger partial charge on any atom is -0.481 e. The van der Waals surface area contributed by atoms with Crippen molar-refractivity contribution in [1.82, 2.24) is 9.80 Å². The second-order valence-electron chi connectivity index (χ2n) is 6.33. The molecule has 0 heterocycles. The van der Waals surface area contributed by atoms with E-state index in [0.717, 1.165) is 9.80 Å². The molecule has 1 aliphatic carbocycles. The Morgan fingerprint density at radius 2 is 1.35 bits per heavy atom. The number of allylic oxidation sites excluding steroid dienone is 2. The van der Waals surface area contributed by atoms with Crippen LogP contribution in [0.2, 0.25) is 0 Å². The molecule has 0 saturated heterocycles. The Balaban J connectivity index is 4.03. The zero-order chi connectivity index (χ0) is 23.9. The van der Waals surface area contributed by atoms with Crippen LogP contribution >= 0.6 is 67.8 Å². The van der Waals surface area contributed by atoms with E-state index < -0.39 is 60.2 Å². The number of hydrogen-bond donors (Lipinski definition) is 6. The van der Waals surface area contributed by atoms with Crippen molar-refractivity contribution in [1.29, 1.82) is 0 Å². The number of carbonyl (C=O) groups excluding carboxylic acids is 2. The van der Waals surface area contributed by atoms with Gasteiger partial charge in [-0.2, -0.15) is 0 Å². The van der Waals surface area contributed by atoms with Crippen LogP contribution in [0.25, 0.3) is 0 Å². The predicted molar refractivity (Wildman–Crippen MR) is 133 cm³/mol. The van der Waals surface area contributed by atoms with Gasteiger partial charge < -0.3 is 40.4 Å². The summed E-state index contributed by atoms with van der Waals surface area (Å²) in [5, 5.41) is 57.6. The van der Waals surface area contributed by atoms with E-state index in [2.05, 4.69) is 0 Å². The van der Waals surface area contributed by atoms with Crippen molar-refractivity contribution in [2.75, 3.05) is 46.1 Å². The number of hydrogen-bond acceptors (Lipinski definition) is 8. The van der Waals surface area contributed by atoms with Crippen LogP contribution in [0.4, 0.5) is 0 Å². The molecule has 1 aliphatic rings. The van der Waals surface area contributed by atoms with E-state index in [-0.39, 0.29) is 38.1 Å². The molecule has 0 spiro atoms. The van der Waals surface area contributed by atoms with Gasteiger partial charge in [0, 0.05) is 23.3 Å². The monoisotopic (exact) mass is 780 g/mol. The predicted octanol–water partition coefficient (Wildman–Crippen LogP) is -0.823.